The molecular weight excluding hydrogens is 545 g/mol. The molecule has 216 valence electrons. The zero-order valence-electron chi connectivity index (χ0n) is 22.2. The smallest absolute Gasteiger partial charge is 0.380 e. The van der Waals surface area contributed by atoms with E-state index in [0.717, 1.165) is 68.2 Å². The van der Waals surface area contributed by atoms with Crippen molar-refractivity contribution >= 4 is 29.1 Å². The second kappa shape index (κ2) is 11.6. The molecule has 3 fully saturated rings. The van der Waals surface area contributed by atoms with E-state index in [1.165, 1.54) is 18.2 Å². The van der Waals surface area contributed by atoms with Crippen LogP contribution in [0, 0.1) is 0 Å². The zero-order chi connectivity index (χ0) is 28.5. The van der Waals surface area contributed by atoms with Crippen molar-refractivity contribution in [2.24, 2.45) is 0 Å². The van der Waals surface area contributed by atoms with Gasteiger partial charge >= 0.3 is 6.18 Å². The minimum Gasteiger partial charge on any atom is -0.380 e. The van der Waals surface area contributed by atoms with Crippen LogP contribution in [0.1, 0.15) is 48.0 Å². The molecule has 7 nitrogen and oxygen atoms in total. The number of carbonyl (C=O) groups is 2. The lowest BCUT2D eigenvalue weighted by atomic mass is 9.89. The molecule has 0 radical (unpaired) electrons. The standard InChI is InChI=1S/C29H34ClF3N4O3/c30-25-17-21(9-10-24(25)26(38)35-13-5-2-6-14-35)34-22-18-37(19-22)23-11-15-36(16-12-23)27(39)28(40,29(31,32)33)20-7-3-1-4-8-20/h1,3-4,7-10,17,22-23,34,40H,2,5-6,11-16,18-19H2/t28-/m0/s1. The van der Waals surface area contributed by atoms with Crippen LogP contribution in [-0.4, -0.2) is 89.1 Å². The lowest BCUT2D eigenvalue weighted by molar-refractivity contribution is -0.262. The number of hydrogen-bond acceptors (Lipinski definition) is 5. The van der Waals surface area contributed by atoms with E-state index in [1.807, 2.05) is 11.0 Å². The maximum Gasteiger partial charge on any atom is 0.430 e. The number of amides is 2. The molecule has 3 saturated heterocycles. The molecule has 5 rings (SSSR count). The van der Waals surface area contributed by atoms with E-state index < -0.39 is 23.2 Å². The van der Waals surface area contributed by atoms with Crippen molar-refractivity contribution in [2.75, 3.05) is 44.6 Å². The summed E-state index contributed by atoms with van der Waals surface area (Å²) in [5.41, 5.74) is -2.70. The molecule has 1 atom stereocenters. The summed E-state index contributed by atoms with van der Waals surface area (Å²) in [5, 5.41) is 14.5. The van der Waals surface area contributed by atoms with Crippen LogP contribution in [0.2, 0.25) is 5.02 Å². The van der Waals surface area contributed by atoms with Gasteiger partial charge in [-0.1, -0.05) is 41.9 Å². The van der Waals surface area contributed by atoms with E-state index in [2.05, 4.69) is 10.2 Å². The van der Waals surface area contributed by atoms with Crippen LogP contribution in [-0.2, 0) is 10.4 Å². The Labute approximate surface area is 236 Å². The van der Waals surface area contributed by atoms with Crippen molar-refractivity contribution in [3.05, 3.63) is 64.7 Å². The van der Waals surface area contributed by atoms with Gasteiger partial charge in [0.2, 0.25) is 0 Å². The fourth-order valence-corrected chi connectivity index (χ4v) is 6.20. The zero-order valence-corrected chi connectivity index (χ0v) is 22.9. The van der Waals surface area contributed by atoms with Crippen molar-refractivity contribution in [1.29, 1.82) is 0 Å². The highest BCUT2D eigenvalue weighted by molar-refractivity contribution is 6.34. The SMILES string of the molecule is O=C(c1ccc(NC2CN(C3CCN(C(=O)[C@@](O)(c4ccccc4)C(F)(F)F)CC3)C2)cc1Cl)N1CCCCC1. The van der Waals surface area contributed by atoms with Crippen LogP contribution < -0.4 is 5.32 Å². The Bertz CT molecular complexity index is 1210. The number of halogens is 4. The molecule has 3 heterocycles. The highest BCUT2D eigenvalue weighted by Crippen LogP contribution is 2.41. The normalized spacial score (nSPS) is 21.0. The predicted molar refractivity (Wildman–Crippen MR) is 146 cm³/mol. The Balaban J connectivity index is 1.12. The van der Waals surface area contributed by atoms with Crippen molar-refractivity contribution in [1.82, 2.24) is 14.7 Å². The molecular formula is C29H34ClF3N4O3. The van der Waals surface area contributed by atoms with Gasteiger partial charge in [-0.15, -0.1) is 0 Å². The maximum absolute atomic E-state index is 13.9. The van der Waals surface area contributed by atoms with Gasteiger partial charge in [-0.05, 0) is 50.3 Å². The number of nitrogens with zero attached hydrogens (tertiary/aromatic N) is 3. The minimum absolute atomic E-state index is 0.0339. The van der Waals surface area contributed by atoms with E-state index in [-0.39, 0.29) is 31.1 Å². The summed E-state index contributed by atoms with van der Waals surface area (Å²) in [5.74, 6) is -1.36. The third-order valence-electron chi connectivity index (χ3n) is 8.30. The van der Waals surface area contributed by atoms with Gasteiger partial charge in [-0.2, -0.15) is 13.2 Å². The van der Waals surface area contributed by atoms with E-state index in [9.17, 15) is 27.9 Å². The van der Waals surface area contributed by atoms with Gasteiger partial charge in [-0.25, -0.2) is 0 Å². The minimum atomic E-state index is -5.14. The Kier molecular flexibility index (Phi) is 8.31. The summed E-state index contributed by atoms with van der Waals surface area (Å²) in [4.78, 5) is 31.0. The predicted octanol–water partition coefficient (Wildman–Crippen LogP) is 4.50. The number of nitrogens with one attached hydrogen (secondary N) is 1. The van der Waals surface area contributed by atoms with Crippen molar-refractivity contribution in [3.8, 4) is 0 Å². The van der Waals surface area contributed by atoms with Crippen LogP contribution in [0.15, 0.2) is 48.5 Å². The second-order valence-electron chi connectivity index (χ2n) is 10.9. The van der Waals surface area contributed by atoms with Gasteiger partial charge in [0.1, 0.15) is 0 Å². The molecule has 3 aliphatic rings. The Morgan fingerprint density at radius 1 is 0.900 bits per heavy atom. The number of benzene rings is 2. The first-order chi connectivity index (χ1) is 19.1. The van der Waals surface area contributed by atoms with Crippen molar-refractivity contribution in [3.63, 3.8) is 0 Å². The highest BCUT2D eigenvalue weighted by Gasteiger charge is 2.62. The molecule has 3 aliphatic heterocycles. The van der Waals surface area contributed by atoms with Gasteiger partial charge in [0, 0.05) is 56.6 Å². The maximum atomic E-state index is 13.9. The molecule has 0 spiro atoms. The number of aliphatic hydroxyl groups is 1. The van der Waals surface area contributed by atoms with Crippen LogP contribution in [0.5, 0.6) is 0 Å². The molecule has 0 aromatic heterocycles. The van der Waals surface area contributed by atoms with E-state index >= 15 is 0 Å². The molecule has 11 heteroatoms. The summed E-state index contributed by atoms with van der Waals surface area (Å²) in [6, 6.07) is 12.3. The molecule has 0 aliphatic carbocycles. The Hall–Kier alpha value is -2.82. The number of hydrogen-bond donors (Lipinski definition) is 2. The number of likely N-dealkylation sites (tertiary alicyclic amines) is 3. The summed E-state index contributed by atoms with van der Waals surface area (Å²) in [7, 11) is 0. The summed E-state index contributed by atoms with van der Waals surface area (Å²) in [6.07, 6.45) is -0.910. The second-order valence-corrected chi connectivity index (χ2v) is 11.3. The topological polar surface area (TPSA) is 76.1 Å². The van der Waals surface area contributed by atoms with E-state index in [0.29, 0.717) is 23.4 Å². The lowest BCUT2D eigenvalue weighted by Gasteiger charge is -2.48. The molecule has 0 saturated carbocycles. The average Bonchev–Trinajstić information content (AvgIpc) is 2.94. The molecule has 2 amide bonds. The first-order valence-corrected chi connectivity index (χ1v) is 14.2. The van der Waals surface area contributed by atoms with E-state index in [1.54, 1.807) is 12.1 Å². The van der Waals surface area contributed by atoms with Crippen molar-refractivity contribution < 1.29 is 27.9 Å². The molecule has 2 aromatic rings. The van der Waals surface area contributed by atoms with Crippen LogP contribution >= 0.6 is 11.6 Å². The summed E-state index contributed by atoms with van der Waals surface area (Å²) < 4.78 is 41.8. The van der Waals surface area contributed by atoms with Crippen LogP contribution in [0.4, 0.5) is 18.9 Å². The third kappa shape index (κ3) is 5.66. The summed E-state index contributed by atoms with van der Waals surface area (Å²) in [6.45, 7) is 3.31. The van der Waals surface area contributed by atoms with Gasteiger partial charge in [-0.3, -0.25) is 14.5 Å². The Morgan fingerprint density at radius 3 is 2.15 bits per heavy atom. The molecule has 2 N–H and O–H groups in total. The van der Waals surface area contributed by atoms with Crippen molar-refractivity contribution in [2.45, 2.75) is 56.0 Å². The molecule has 40 heavy (non-hydrogen) atoms. The average molecular weight is 579 g/mol. The monoisotopic (exact) mass is 578 g/mol. The number of piperidine rings is 2. The first-order valence-electron chi connectivity index (χ1n) is 13.8. The number of anilines is 1. The third-order valence-corrected chi connectivity index (χ3v) is 8.62. The summed E-state index contributed by atoms with van der Waals surface area (Å²) >= 11 is 6.46. The van der Waals surface area contributed by atoms with Gasteiger partial charge < -0.3 is 20.2 Å². The molecule has 0 bridgehead atoms. The van der Waals surface area contributed by atoms with Gasteiger partial charge in [0.15, 0.2) is 0 Å². The fourth-order valence-electron chi connectivity index (χ4n) is 5.93. The lowest BCUT2D eigenvalue weighted by Crippen LogP contribution is -2.62. The first kappa shape index (κ1) is 28.7. The van der Waals surface area contributed by atoms with Crippen LogP contribution in [0.25, 0.3) is 0 Å². The fraction of sp³-hybridized carbons (Fsp3) is 0.517. The highest BCUT2D eigenvalue weighted by atomic mass is 35.5. The number of alkyl halides is 3. The van der Waals surface area contributed by atoms with Crippen LogP contribution in [0.3, 0.4) is 0 Å². The number of rotatable bonds is 6. The molecule has 0 unspecified atom stereocenters. The molecule has 2 aromatic carbocycles. The van der Waals surface area contributed by atoms with Gasteiger partial charge in [0.05, 0.1) is 16.6 Å². The van der Waals surface area contributed by atoms with Gasteiger partial charge in [0.25, 0.3) is 17.4 Å². The largest absolute Gasteiger partial charge is 0.430 e. The van der Waals surface area contributed by atoms with E-state index in [4.69, 9.17) is 11.6 Å². The quantitative estimate of drug-likeness (QED) is 0.528. The number of carbonyl (C=O) groups excluding carboxylic acids is 2. The Morgan fingerprint density at radius 2 is 1.55 bits per heavy atom.